The molecule has 0 saturated carbocycles. The number of urea groups is 1. The highest BCUT2D eigenvalue weighted by Crippen LogP contribution is 2.22. The largest absolute Gasteiger partial charge is 0.333 e. The first-order valence-corrected chi connectivity index (χ1v) is 10.1. The topological polar surface area (TPSA) is 57.1 Å². The van der Waals surface area contributed by atoms with Crippen molar-refractivity contribution < 1.29 is 18.9 Å². The fourth-order valence-corrected chi connectivity index (χ4v) is 4.05. The van der Waals surface area contributed by atoms with Crippen LogP contribution in [-0.4, -0.2) is 55.6 Å². The first kappa shape index (κ1) is 19.4. The average molecular weight is 397 g/mol. The summed E-state index contributed by atoms with van der Waals surface area (Å²) in [4.78, 5) is 29.8. The SMILES string of the molecule is O=C(N[C@@H]1CC(=O)N(c2cccc(F)c2)C1)N1CC[NH+](Cc2ccccc2)CC1. The van der Waals surface area contributed by atoms with Crippen molar-refractivity contribution in [2.45, 2.75) is 19.0 Å². The molecule has 2 saturated heterocycles. The molecule has 2 aliphatic rings. The van der Waals surface area contributed by atoms with E-state index >= 15 is 0 Å². The number of nitrogens with zero attached hydrogens (tertiary/aromatic N) is 2. The van der Waals surface area contributed by atoms with Crippen molar-refractivity contribution in [3.05, 3.63) is 66.0 Å². The van der Waals surface area contributed by atoms with Crippen molar-refractivity contribution in [3.8, 4) is 0 Å². The highest BCUT2D eigenvalue weighted by molar-refractivity contribution is 5.96. The molecule has 2 aromatic rings. The molecule has 0 unspecified atom stereocenters. The van der Waals surface area contributed by atoms with E-state index in [2.05, 4.69) is 29.6 Å². The first-order valence-electron chi connectivity index (χ1n) is 10.1. The van der Waals surface area contributed by atoms with Crippen LogP contribution in [0.3, 0.4) is 0 Å². The maximum Gasteiger partial charge on any atom is 0.318 e. The van der Waals surface area contributed by atoms with E-state index in [9.17, 15) is 14.0 Å². The van der Waals surface area contributed by atoms with Crippen LogP contribution < -0.4 is 15.1 Å². The van der Waals surface area contributed by atoms with Crippen LogP contribution in [0, 0.1) is 5.82 Å². The molecule has 2 fully saturated rings. The van der Waals surface area contributed by atoms with E-state index in [1.165, 1.54) is 27.5 Å². The Hall–Kier alpha value is -2.93. The zero-order valence-electron chi connectivity index (χ0n) is 16.3. The molecule has 29 heavy (non-hydrogen) atoms. The van der Waals surface area contributed by atoms with Gasteiger partial charge in [-0.15, -0.1) is 0 Å². The van der Waals surface area contributed by atoms with Gasteiger partial charge in [0.2, 0.25) is 5.91 Å². The smallest absolute Gasteiger partial charge is 0.318 e. The third kappa shape index (κ3) is 4.74. The van der Waals surface area contributed by atoms with E-state index in [4.69, 9.17) is 0 Å². The van der Waals surface area contributed by atoms with Crippen molar-refractivity contribution in [1.82, 2.24) is 10.2 Å². The van der Waals surface area contributed by atoms with Gasteiger partial charge in [0.05, 0.1) is 32.2 Å². The number of anilines is 1. The van der Waals surface area contributed by atoms with Crippen LogP contribution in [0.5, 0.6) is 0 Å². The van der Waals surface area contributed by atoms with E-state index in [0.717, 1.165) is 19.6 Å². The Labute approximate surface area is 169 Å². The summed E-state index contributed by atoms with van der Waals surface area (Å²) in [6.07, 6.45) is 0.238. The number of hydrogen-bond acceptors (Lipinski definition) is 2. The number of nitrogens with one attached hydrogen (secondary N) is 2. The molecule has 3 amide bonds. The standard InChI is InChI=1S/C22H25FN4O2/c23-18-7-4-8-20(13-18)27-16-19(14-21(27)28)24-22(29)26-11-9-25(10-12-26)15-17-5-2-1-3-6-17/h1-8,13,19H,9-12,14-16H2,(H,24,29)/p+1/t19-/m1/s1. The number of carbonyl (C=O) groups is 2. The molecule has 2 N–H and O–H groups in total. The minimum absolute atomic E-state index is 0.0991. The second-order valence-electron chi connectivity index (χ2n) is 7.73. The highest BCUT2D eigenvalue weighted by Gasteiger charge is 2.33. The van der Waals surface area contributed by atoms with Gasteiger partial charge in [0.1, 0.15) is 12.4 Å². The number of quaternary nitrogens is 1. The summed E-state index contributed by atoms with van der Waals surface area (Å²) in [5, 5.41) is 2.98. The average Bonchev–Trinajstić information content (AvgIpc) is 3.09. The monoisotopic (exact) mass is 397 g/mol. The lowest BCUT2D eigenvalue weighted by Gasteiger charge is -2.33. The maximum atomic E-state index is 13.5. The minimum atomic E-state index is -0.376. The van der Waals surface area contributed by atoms with E-state index < -0.39 is 0 Å². The van der Waals surface area contributed by atoms with Crippen molar-refractivity contribution in [3.63, 3.8) is 0 Å². The van der Waals surface area contributed by atoms with Crippen molar-refractivity contribution in [2.24, 2.45) is 0 Å². The Bertz CT molecular complexity index is 868. The summed E-state index contributed by atoms with van der Waals surface area (Å²) >= 11 is 0. The number of halogens is 1. The normalized spacial score (nSPS) is 20.2. The third-order valence-corrected chi connectivity index (χ3v) is 5.63. The molecule has 7 heteroatoms. The number of piperazine rings is 1. The van der Waals surface area contributed by atoms with Gasteiger partial charge in [0, 0.05) is 24.2 Å². The molecule has 2 heterocycles. The number of rotatable bonds is 4. The third-order valence-electron chi connectivity index (χ3n) is 5.63. The lowest BCUT2D eigenvalue weighted by Crippen LogP contribution is -3.13. The van der Waals surface area contributed by atoms with E-state index in [0.29, 0.717) is 25.3 Å². The zero-order chi connectivity index (χ0) is 20.2. The van der Waals surface area contributed by atoms with Crippen molar-refractivity contribution in [1.29, 1.82) is 0 Å². The van der Waals surface area contributed by atoms with Gasteiger partial charge in [0.15, 0.2) is 0 Å². The summed E-state index contributed by atoms with van der Waals surface area (Å²) in [5.74, 6) is -0.475. The van der Waals surface area contributed by atoms with Crippen LogP contribution in [-0.2, 0) is 11.3 Å². The second kappa shape index (κ2) is 8.61. The highest BCUT2D eigenvalue weighted by atomic mass is 19.1. The predicted octanol–water partition coefficient (Wildman–Crippen LogP) is 1.04. The Kier molecular flexibility index (Phi) is 5.76. The van der Waals surface area contributed by atoms with Crippen LogP contribution in [0.1, 0.15) is 12.0 Å². The van der Waals surface area contributed by atoms with Gasteiger partial charge in [-0.3, -0.25) is 4.79 Å². The quantitative estimate of drug-likeness (QED) is 0.810. The fraction of sp³-hybridized carbons (Fsp3) is 0.364. The molecule has 0 spiro atoms. The van der Waals surface area contributed by atoms with Gasteiger partial charge in [-0.25, -0.2) is 9.18 Å². The molecule has 0 radical (unpaired) electrons. The molecule has 0 aliphatic carbocycles. The summed E-state index contributed by atoms with van der Waals surface area (Å²) in [7, 11) is 0. The first-order chi connectivity index (χ1) is 14.1. The van der Waals surface area contributed by atoms with Crippen LogP contribution >= 0.6 is 0 Å². The summed E-state index contributed by atoms with van der Waals surface area (Å²) < 4.78 is 13.5. The summed E-state index contributed by atoms with van der Waals surface area (Å²) in [6.45, 7) is 4.54. The van der Waals surface area contributed by atoms with Crippen molar-refractivity contribution >= 4 is 17.6 Å². The van der Waals surface area contributed by atoms with E-state index in [1.54, 1.807) is 12.1 Å². The van der Waals surface area contributed by atoms with E-state index in [1.807, 2.05) is 11.0 Å². The molecule has 0 bridgehead atoms. The Balaban J connectivity index is 1.26. The zero-order valence-corrected chi connectivity index (χ0v) is 16.3. The molecule has 2 aliphatic heterocycles. The van der Waals surface area contributed by atoms with Gasteiger partial charge in [0.25, 0.3) is 0 Å². The van der Waals surface area contributed by atoms with Crippen molar-refractivity contribution in [2.75, 3.05) is 37.6 Å². The maximum absolute atomic E-state index is 13.5. The minimum Gasteiger partial charge on any atom is -0.333 e. The number of amides is 3. The molecule has 2 aromatic carbocycles. The van der Waals surface area contributed by atoms with Crippen LogP contribution in [0.25, 0.3) is 0 Å². The molecule has 0 aromatic heterocycles. The van der Waals surface area contributed by atoms with Crippen LogP contribution in [0.2, 0.25) is 0 Å². The summed E-state index contributed by atoms with van der Waals surface area (Å²) in [5.41, 5.74) is 1.84. The Morgan fingerprint density at radius 2 is 1.86 bits per heavy atom. The fourth-order valence-electron chi connectivity index (χ4n) is 4.05. The number of hydrogen-bond donors (Lipinski definition) is 2. The van der Waals surface area contributed by atoms with E-state index in [-0.39, 0.29) is 30.2 Å². The molecular formula is C22H26FN4O2+. The second-order valence-corrected chi connectivity index (χ2v) is 7.73. The number of benzene rings is 2. The van der Waals surface area contributed by atoms with Crippen LogP contribution in [0.15, 0.2) is 54.6 Å². The lowest BCUT2D eigenvalue weighted by molar-refractivity contribution is -0.917. The van der Waals surface area contributed by atoms with Gasteiger partial charge in [-0.2, -0.15) is 0 Å². The van der Waals surface area contributed by atoms with Gasteiger partial charge in [-0.05, 0) is 18.2 Å². The molecule has 1 atom stereocenters. The van der Waals surface area contributed by atoms with Gasteiger partial charge < -0.3 is 20.0 Å². The van der Waals surface area contributed by atoms with Gasteiger partial charge in [-0.1, -0.05) is 36.4 Å². The van der Waals surface area contributed by atoms with Crippen LogP contribution in [0.4, 0.5) is 14.9 Å². The molecule has 152 valence electrons. The van der Waals surface area contributed by atoms with Gasteiger partial charge >= 0.3 is 6.03 Å². The summed E-state index contributed by atoms with van der Waals surface area (Å²) in [6, 6.07) is 16.0. The Morgan fingerprint density at radius 3 is 2.59 bits per heavy atom. The molecule has 4 rings (SSSR count). The molecular weight excluding hydrogens is 371 g/mol. The molecule has 6 nitrogen and oxygen atoms in total. The Morgan fingerprint density at radius 1 is 1.10 bits per heavy atom. The predicted molar refractivity (Wildman–Crippen MR) is 108 cm³/mol. The number of carbonyl (C=O) groups excluding carboxylic acids is 2. The lowest BCUT2D eigenvalue weighted by atomic mass is 10.2.